The number of carbonyl (C=O) groups is 1. The van der Waals surface area contributed by atoms with Crippen LogP contribution in [0.1, 0.15) is 23.6 Å². The minimum atomic E-state index is -5.03. The van der Waals surface area contributed by atoms with Crippen LogP contribution < -0.4 is 5.32 Å². The standard InChI is InChI=1S/C19H14F6N2O4S/c1-17(29,10-32(30,31)15-5-3-2-4-13(15)18(20,21)22)16(28)27-12-7-6-11(9-26)14(8-12)19(23,24)25/h2-8,29H,10H2,1H3,(H,27,28). The summed E-state index contributed by atoms with van der Waals surface area (Å²) in [6, 6.07) is 6.53. The third-order valence-corrected chi connectivity index (χ3v) is 6.16. The number of alkyl halides is 6. The second-order valence-electron chi connectivity index (χ2n) is 6.85. The van der Waals surface area contributed by atoms with Gasteiger partial charge in [-0.2, -0.15) is 31.6 Å². The van der Waals surface area contributed by atoms with Crippen molar-refractivity contribution in [2.75, 3.05) is 11.1 Å². The Labute approximate surface area is 178 Å². The van der Waals surface area contributed by atoms with Gasteiger partial charge in [0.15, 0.2) is 15.4 Å². The number of benzene rings is 2. The summed E-state index contributed by atoms with van der Waals surface area (Å²) >= 11 is 0. The predicted octanol–water partition coefficient (Wildman–Crippen LogP) is 3.76. The average molecular weight is 480 g/mol. The van der Waals surface area contributed by atoms with Gasteiger partial charge in [0.05, 0.1) is 33.4 Å². The number of aliphatic hydroxyl groups is 1. The molecule has 1 amide bonds. The van der Waals surface area contributed by atoms with Crippen LogP contribution in [0.15, 0.2) is 47.4 Å². The molecule has 6 nitrogen and oxygen atoms in total. The molecule has 2 rings (SSSR count). The van der Waals surface area contributed by atoms with E-state index in [2.05, 4.69) is 0 Å². The molecule has 2 aromatic carbocycles. The smallest absolute Gasteiger partial charge is 0.379 e. The molecule has 0 aromatic heterocycles. The van der Waals surface area contributed by atoms with Crippen molar-refractivity contribution in [2.24, 2.45) is 0 Å². The lowest BCUT2D eigenvalue weighted by Crippen LogP contribution is -2.46. The Morgan fingerprint density at radius 2 is 1.59 bits per heavy atom. The van der Waals surface area contributed by atoms with Crippen LogP contribution in [0.2, 0.25) is 0 Å². The molecule has 1 unspecified atom stereocenters. The maximum absolute atomic E-state index is 13.1. The molecule has 1 atom stereocenters. The molecule has 0 saturated heterocycles. The fourth-order valence-electron chi connectivity index (χ4n) is 2.71. The van der Waals surface area contributed by atoms with Crippen LogP contribution in [-0.4, -0.2) is 30.8 Å². The number of hydrogen-bond donors (Lipinski definition) is 2. The molecule has 0 radical (unpaired) electrons. The van der Waals surface area contributed by atoms with Crippen molar-refractivity contribution in [2.45, 2.75) is 29.8 Å². The number of carbonyl (C=O) groups excluding carboxylic acids is 1. The number of rotatable bonds is 5. The van der Waals surface area contributed by atoms with E-state index in [9.17, 15) is 44.7 Å². The molecule has 172 valence electrons. The van der Waals surface area contributed by atoms with E-state index in [4.69, 9.17) is 5.26 Å². The van der Waals surface area contributed by atoms with Crippen LogP contribution in [0.5, 0.6) is 0 Å². The number of amides is 1. The Morgan fingerprint density at radius 3 is 2.12 bits per heavy atom. The third kappa shape index (κ3) is 5.57. The Bertz CT molecular complexity index is 1180. The number of nitrogens with zero attached hydrogens (tertiary/aromatic N) is 1. The molecule has 0 bridgehead atoms. The van der Waals surface area contributed by atoms with E-state index in [-0.39, 0.29) is 0 Å². The van der Waals surface area contributed by atoms with Gasteiger partial charge in [0.25, 0.3) is 5.91 Å². The molecule has 0 aliphatic carbocycles. The molecule has 0 saturated carbocycles. The lowest BCUT2D eigenvalue weighted by Gasteiger charge is -2.23. The van der Waals surface area contributed by atoms with E-state index in [0.717, 1.165) is 24.3 Å². The molecule has 0 aliphatic heterocycles. The predicted molar refractivity (Wildman–Crippen MR) is 98.9 cm³/mol. The first kappa shape index (κ1) is 25.2. The minimum absolute atomic E-state index is 0.403. The minimum Gasteiger partial charge on any atom is -0.379 e. The zero-order chi connectivity index (χ0) is 24.5. The summed E-state index contributed by atoms with van der Waals surface area (Å²) in [5.74, 6) is -2.97. The summed E-state index contributed by atoms with van der Waals surface area (Å²) in [6.45, 7) is 0.685. The van der Waals surface area contributed by atoms with Gasteiger partial charge in [0, 0.05) is 5.69 Å². The van der Waals surface area contributed by atoms with Gasteiger partial charge in [-0.05, 0) is 37.3 Å². The van der Waals surface area contributed by atoms with Crippen molar-refractivity contribution in [1.82, 2.24) is 0 Å². The molecule has 32 heavy (non-hydrogen) atoms. The van der Waals surface area contributed by atoms with E-state index >= 15 is 0 Å². The monoisotopic (exact) mass is 480 g/mol. The lowest BCUT2D eigenvalue weighted by molar-refractivity contribution is -0.140. The van der Waals surface area contributed by atoms with Crippen LogP contribution >= 0.6 is 0 Å². The Kier molecular flexibility index (Phi) is 6.63. The zero-order valence-electron chi connectivity index (χ0n) is 16.0. The average Bonchev–Trinajstić information content (AvgIpc) is 2.65. The maximum atomic E-state index is 13.1. The number of nitrogens with one attached hydrogen (secondary N) is 1. The Hall–Kier alpha value is -3.11. The van der Waals surface area contributed by atoms with Crippen molar-refractivity contribution in [3.63, 3.8) is 0 Å². The summed E-state index contributed by atoms with van der Waals surface area (Å²) in [5.41, 5.74) is -6.96. The van der Waals surface area contributed by atoms with E-state index in [1.807, 2.05) is 5.32 Å². The topological polar surface area (TPSA) is 107 Å². The van der Waals surface area contributed by atoms with Gasteiger partial charge in [0.1, 0.15) is 0 Å². The van der Waals surface area contributed by atoms with Gasteiger partial charge in [-0.3, -0.25) is 4.79 Å². The van der Waals surface area contributed by atoms with Crippen LogP contribution in [0.3, 0.4) is 0 Å². The first-order valence-corrected chi connectivity index (χ1v) is 10.2. The number of hydrogen-bond acceptors (Lipinski definition) is 5. The number of sulfone groups is 1. The summed E-state index contributed by atoms with van der Waals surface area (Å²) in [5, 5.41) is 21.0. The summed E-state index contributed by atoms with van der Waals surface area (Å²) in [4.78, 5) is 11.2. The Morgan fingerprint density at radius 1 is 1.03 bits per heavy atom. The molecule has 2 N–H and O–H groups in total. The number of halogens is 6. The summed E-state index contributed by atoms with van der Waals surface area (Å²) in [6.07, 6.45) is -9.98. The van der Waals surface area contributed by atoms with Crippen molar-refractivity contribution >= 4 is 21.4 Å². The van der Waals surface area contributed by atoms with Crippen LogP contribution in [0.4, 0.5) is 32.0 Å². The molecule has 2 aromatic rings. The van der Waals surface area contributed by atoms with Crippen LogP contribution in [-0.2, 0) is 27.0 Å². The van der Waals surface area contributed by atoms with E-state index in [1.165, 1.54) is 6.07 Å². The Balaban J connectivity index is 2.34. The van der Waals surface area contributed by atoms with Crippen LogP contribution in [0.25, 0.3) is 0 Å². The zero-order valence-corrected chi connectivity index (χ0v) is 16.9. The van der Waals surface area contributed by atoms with Crippen molar-refractivity contribution in [1.29, 1.82) is 5.26 Å². The van der Waals surface area contributed by atoms with Gasteiger partial charge < -0.3 is 10.4 Å². The summed E-state index contributed by atoms with van der Waals surface area (Å²) in [7, 11) is -4.87. The SMILES string of the molecule is CC(O)(CS(=O)(=O)c1ccccc1C(F)(F)F)C(=O)Nc1ccc(C#N)c(C(F)(F)F)c1. The molecule has 0 aliphatic rings. The van der Waals surface area contributed by atoms with Gasteiger partial charge in [-0.1, -0.05) is 12.1 Å². The number of nitriles is 1. The van der Waals surface area contributed by atoms with Gasteiger partial charge in [0.2, 0.25) is 0 Å². The molecular weight excluding hydrogens is 466 g/mol. The van der Waals surface area contributed by atoms with Crippen LogP contribution in [0, 0.1) is 11.3 Å². The van der Waals surface area contributed by atoms with E-state index in [0.29, 0.717) is 25.1 Å². The van der Waals surface area contributed by atoms with Crippen molar-refractivity contribution in [3.05, 3.63) is 59.2 Å². The molecular formula is C19H14F6N2O4S. The largest absolute Gasteiger partial charge is 0.417 e. The van der Waals surface area contributed by atoms with Gasteiger partial charge in [-0.15, -0.1) is 0 Å². The fraction of sp³-hybridized carbons (Fsp3) is 0.263. The first-order valence-electron chi connectivity index (χ1n) is 8.53. The highest BCUT2D eigenvalue weighted by molar-refractivity contribution is 7.91. The third-order valence-electron chi connectivity index (χ3n) is 4.19. The summed E-state index contributed by atoms with van der Waals surface area (Å²) < 4.78 is 104. The fourth-order valence-corrected chi connectivity index (χ4v) is 4.54. The maximum Gasteiger partial charge on any atom is 0.417 e. The quantitative estimate of drug-likeness (QED) is 0.634. The molecule has 0 heterocycles. The van der Waals surface area contributed by atoms with Gasteiger partial charge >= 0.3 is 12.4 Å². The highest BCUT2D eigenvalue weighted by Crippen LogP contribution is 2.36. The normalized spacial score (nSPS) is 14.3. The highest BCUT2D eigenvalue weighted by atomic mass is 32.2. The van der Waals surface area contributed by atoms with Crippen molar-refractivity contribution < 1.29 is 44.7 Å². The van der Waals surface area contributed by atoms with Crippen molar-refractivity contribution in [3.8, 4) is 6.07 Å². The highest BCUT2D eigenvalue weighted by Gasteiger charge is 2.42. The second-order valence-corrected chi connectivity index (χ2v) is 8.81. The number of anilines is 1. The van der Waals surface area contributed by atoms with Gasteiger partial charge in [-0.25, -0.2) is 8.42 Å². The van der Waals surface area contributed by atoms with E-state index in [1.54, 1.807) is 0 Å². The first-order chi connectivity index (χ1) is 14.5. The van der Waals surface area contributed by atoms with E-state index < -0.39 is 66.7 Å². The molecule has 0 fully saturated rings. The molecule has 0 spiro atoms. The molecule has 13 heteroatoms. The lowest BCUT2D eigenvalue weighted by atomic mass is 10.1. The second kappa shape index (κ2) is 8.44.